The van der Waals surface area contributed by atoms with Crippen molar-refractivity contribution in [3.8, 4) is 0 Å². The predicted octanol–water partition coefficient (Wildman–Crippen LogP) is 0.450. The number of carbonyl (C=O) groups excluding carboxylic acids is 1. The molecule has 2 amide bonds. The fourth-order valence-corrected chi connectivity index (χ4v) is 4.10. The molecule has 1 fully saturated rings. The Labute approximate surface area is 85.5 Å². The molecule has 0 aromatic carbocycles. The molecule has 2 N–H and O–H groups in total. The van der Waals surface area contributed by atoms with E-state index >= 15 is 0 Å². The van der Waals surface area contributed by atoms with Crippen LogP contribution in [0.15, 0.2) is 0 Å². The van der Waals surface area contributed by atoms with Crippen LogP contribution in [0.25, 0.3) is 0 Å². The summed E-state index contributed by atoms with van der Waals surface area (Å²) >= 11 is 3.71. The monoisotopic (exact) mass is 218 g/mol. The summed E-state index contributed by atoms with van der Waals surface area (Å²) in [6, 6.07) is -0.0549. The molecule has 2 rings (SSSR count). The van der Waals surface area contributed by atoms with Crippen LogP contribution in [-0.4, -0.2) is 39.2 Å². The molecule has 0 aromatic heterocycles. The van der Waals surface area contributed by atoms with Gasteiger partial charge in [0, 0.05) is 11.0 Å². The molecule has 72 valence electrons. The maximum absolute atomic E-state index is 11.1. The molecule has 2 atom stereocenters. The van der Waals surface area contributed by atoms with Gasteiger partial charge in [-0.3, -0.25) is 0 Å². The van der Waals surface area contributed by atoms with Gasteiger partial charge in [-0.1, -0.05) is 11.6 Å². The number of hydrazine groups is 1. The van der Waals surface area contributed by atoms with E-state index < -0.39 is 0 Å². The van der Waals surface area contributed by atoms with Crippen molar-refractivity contribution in [2.75, 3.05) is 12.3 Å². The van der Waals surface area contributed by atoms with Gasteiger partial charge in [0.1, 0.15) is 12.8 Å². The third-order valence-corrected chi connectivity index (χ3v) is 4.87. The molecular weight excluding hydrogens is 206 g/mol. The minimum Gasteiger partial charge on any atom is -0.230 e. The van der Waals surface area contributed by atoms with E-state index in [0.717, 1.165) is 5.75 Å². The van der Waals surface area contributed by atoms with Gasteiger partial charge in [-0.15, -0.1) is 23.5 Å². The number of nitrogens with one attached hydrogen (secondary N) is 2. The van der Waals surface area contributed by atoms with Crippen molar-refractivity contribution >= 4 is 35.8 Å². The molecule has 0 aromatic rings. The number of hydrogen-bond acceptors (Lipinski definition) is 4. The highest BCUT2D eigenvalue weighted by Crippen LogP contribution is 2.35. The first-order valence-corrected chi connectivity index (χ1v) is 6.18. The Morgan fingerprint density at radius 1 is 1.77 bits per heavy atom. The van der Waals surface area contributed by atoms with Crippen LogP contribution in [-0.2, 0) is 0 Å². The standard InChI is InChI=1S/C7H11N3OS2/c1-5-4-12-7(13-5)9-10-3-2-8-6(10)11/h3,5,7,9H,2,4H2,1H3/p+1. The summed E-state index contributed by atoms with van der Waals surface area (Å²) < 4.78 is 1.86. The van der Waals surface area contributed by atoms with Gasteiger partial charge < -0.3 is 0 Å². The molecule has 0 radical (unpaired) electrons. The second kappa shape index (κ2) is 3.79. The summed E-state index contributed by atoms with van der Waals surface area (Å²) in [6.45, 7) is 2.83. The molecule has 2 unspecified atom stereocenters. The zero-order valence-electron chi connectivity index (χ0n) is 7.32. The molecule has 2 aliphatic rings. The summed E-state index contributed by atoms with van der Waals surface area (Å²) in [4.78, 5) is 11.1. The Bertz CT molecular complexity index is 256. The molecular formula is C7H12N3OS2+. The molecule has 6 heteroatoms. The van der Waals surface area contributed by atoms with Crippen LogP contribution in [0.3, 0.4) is 0 Å². The predicted molar refractivity (Wildman–Crippen MR) is 56.2 cm³/mol. The van der Waals surface area contributed by atoms with Crippen molar-refractivity contribution in [3.63, 3.8) is 0 Å². The third-order valence-electron chi connectivity index (χ3n) is 1.83. The average Bonchev–Trinajstić information content (AvgIpc) is 2.64. The molecule has 2 aliphatic heterocycles. The smallest absolute Gasteiger partial charge is 0.230 e. The lowest BCUT2D eigenvalue weighted by atomic mass is 10.6. The van der Waals surface area contributed by atoms with E-state index in [2.05, 4.69) is 17.7 Å². The first kappa shape index (κ1) is 9.21. The van der Waals surface area contributed by atoms with Crippen LogP contribution in [0.5, 0.6) is 0 Å². The van der Waals surface area contributed by atoms with Gasteiger partial charge in [0.15, 0.2) is 4.71 Å². The molecule has 1 saturated heterocycles. The number of rotatable bonds is 2. The quantitative estimate of drug-likeness (QED) is 0.661. The number of nitrogens with zero attached hydrogens (tertiary/aromatic N) is 1. The van der Waals surface area contributed by atoms with Crippen molar-refractivity contribution in [1.82, 2.24) is 10.7 Å². The summed E-state index contributed by atoms with van der Waals surface area (Å²) in [7, 11) is 0. The molecule has 0 spiro atoms. The second-order valence-electron chi connectivity index (χ2n) is 2.98. The van der Waals surface area contributed by atoms with Gasteiger partial charge in [-0.25, -0.2) is 10.7 Å². The Balaban J connectivity index is 1.88. The van der Waals surface area contributed by atoms with E-state index in [1.165, 1.54) is 0 Å². The van der Waals surface area contributed by atoms with Gasteiger partial charge in [0.05, 0.1) is 0 Å². The summed E-state index contributed by atoms with van der Waals surface area (Å²) in [5.74, 6) is 1.15. The largest absolute Gasteiger partial charge is 0.514 e. The molecule has 0 saturated carbocycles. The minimum atomic E-state index is -0.0549. The van der Waals surface area contributed by atoms with E-state index in [0.29, 0.717) is 16.5 Å². The highest BCUT2D eigenvalue weighted by molar-refractivity contribution is 8.20. The topological polar surface area (TPSA) is 44.1 Å². The van der Waals surface area contributed by atoms with E-state index in [9.17, 15) is 4.79 Å². The molecule has 13 heavy (non-hydrogen) atoms. The van der Waals surface area contributed by atoms with Crippen LogP contribution in [0.1, 0.15) is 6.92 Å². The summed E-state index contributed by atoms with van der Waals surface area (Å²) in [6.07, 6.45) is 1.83. The molecule has 0 bridgehead atoms. The molecule has 0 aliphatic carbocycles. The van der Waals surface area contributed by atoms with E-state index in [1.807, 2.05) is 29.7 Å². The number of hydrogen-bond donors (Lipinski definition) is 2. The first-order chi connectivity index (χ1) is 6.25. The number of thioether (sulfide) groups is 2. The van der Waals surface area contributed by atoms with Crippen molar-refractivity contribution in [3.05, 3.63) is 0 Å². The second-order valence-corrected chi connectivity index (χ2v) is 5.96. The Morgan fingerprint density at radius 3 is 3.15 bits per heavy atom. The number of carbonyl (C=O) groups is 1. The van der Waals surface area contributed by atoms with Crippen LogP contribution in [0, 0.1) is 0 Å². The van der Waals surface area contributed by atoms with Crippen LogP contribution in [0.2, 0.25) is 0 Å². The Kier molecular flexibility index (Phi) is 2.69. The zero-order chi connectivity index (χ0) is 9.26. The lowest BCUT2D eigenvalue weighted by Gasteiger charge is -2.08. The summed E-state index contributed by atoms with van der Waals surface area (Å²) in [5, 5.41) is 3.38. The maximum Gasteiger partial charge on any atom is 0.514 e. The highest BCUT2D eigenvalue weighted by Gasteiger charge is 2.29. The fraction of sp³-hybridized carbons (Fsp3) is 0.714. The van der Waals surface area contributed by atoms with Crippen molar-refractivity contribution < 1.29 is 9.48 Å². The highest BCUT2D eigenvalue weighted by atomic mass is 32.2. The van der Waals surface area contributed by atoms with Gasteiger partial charge >= 0.3 is 6.03 Å². The van der Waals surface area contributed by atoms with Crippen molar-refractivity contribution in [2.24, 2.45) is 0 Å². The number of amides is 2. The average molecular weight is 218 g/mol. The van der Waals surface area contributed by atoms with Gasteiger partial charge in [0.2, 0.25) is 0 Å². The van der Waals surface area contributed by atoms with Gasteiger partial charge in [-0.05, 0) is 0 Å². The summed E-state index contributed by atoms with van der Waals surface area (Å²) in [5.41, 5.74) is 3.15. The lowest BCUT2D eigenvalue weighted by molar-refractivity contribution is -0.482. The normalized spacial score (nSPS) is 33.0. The Morgan fingerprint density at radius 2 is 2.62 bits per heavy atom. The van der Waals surface area contributed by atoms with Crippen molar-refractivity contribution in [2.45, 2.75) is 16.9 Å². The van der Waals surface area contributed by atoms with Crippen molar-refractivity contribution in [1.29, 1.82) is 0 Å². The van der Waals surface area contributed by atoms with Crippen LogP contribution >= 0.6 is 23.5 Å². The molecule has 2 heterocycles. The van der Waals surface area contributed by atoms with E-state index in [1.54, 1.807) is 4.68 Å². The van der Waals surface area contributed by atoms with Gasteiger partial charge in [-0.2, -0.15) is 4.79 Å². The zero-order valence-corrected chi connectivity index (χ0v) is 8.95. The number of urea groups is 1. The van der Waals surface area contributed by atoms with Crippen LogP contribution in [0.4, 0.5) is 4.79 Å². The van der Waals surface area contributed by atoms with E-state index in [4.69, 9.17) is 0 Å². The Hall–Kier alpha value is -0.360. The van der Waals surface area contributed by atoms with Gasteiger partial charge in [0.25, 0.3) is 0 Å². The fourth-order valence-electron chi connectivity index (χ4n) is 1.20. The number of hydrazone groups is 1. The minimum absolute atomic E-state index is 0.0549. The third kappa shape index (κ3) is 2.11. The maximum atomic E-state index is 11.1. The van der Waals surface area contributed by atoms with Crippen LogP contribution < -0.4 is 10.7 Å². The lowest BCUT2D eigenvalue weighted by Crippen LogP contribution is -2.38. The molecule has 4 nitrogen and oxygen atoms in total. The SMILES string of the molecule is CC1CSC(N[N+]2=CCNC2=O)S1. The first-order valence-electron chi connectivity index (χ1n) is 4.19. The van der Waals surface area contributed by atoms with E-state index in [-0.39, 0.29) is 6.03 Å².